The average Bonchev–Trinajstić information content (AvgIpc) is 2.95. The van der Waals surface area contributed by atoms with Crippen LogP contribution in [0.25, 0.3) is 0 Å². The van der Waals surface area contributed by atoms with E-state index in [1.807, 2.05) is 49.0 Å². The molecule has 2 N–H and O–H groups in total. The zero-order valence-electron chi connectivity index (χ0n) is 12.3. The maximum Gasteiger partial charge on any atom is 0.241 e. The first-order valence-corrected chi connectivity index (χ1v) is 8.52. The SMILES string of the molecule is CSC1(CNC(C)C(=O)Nc2ccccc2)CCCC1. The van der Waals surface area contributed by atoms with Crippen molar-refractivity contribution in [1.82, 2.24) is 5.32 Å². The number of hydrogen-bond donors (Lipinski definition) is 2. The largest absolute Gasteiger partial charge is 0.325 e. The van der Waals surface area contributed by atoms with Crippen molar-refractivity contribution in [3.8, 4) is 0 Å². The number of para-hydroxylation sites is 1. The van der Waals surface area contributed by atoms with Crippen LogP contribution in [0.3, 0.4) is 0 Å². The van der Waals surface area contributed by atoms with E-state index >= 15 is 0 Å². The number of carbonyl (C=O) groups excluding carboxylic acids is 1. The van der Waals surface area contributed by atoms with E-state index in [2.05, 4.69) is 16.9 Å². The molecule has 0 heterocycles. The topological polar surface area (TPSA) is 41.1 Å². The van der Waals surface area contributed by atoms with Gasteiger partial charge in [-0.25, -0.2) is 0 Å². The highest BCUT2D eigenvalue weighted by molar-refractivity contribution is 8.00. The van der Waals surface area contributed by atoms with E-state index in [-0.39, 0.29) is 11.9 Å². The second-order valence-electron chi connectivity index (χ2n) is 5.55. The fourth-order valence-corrected chi connectivity index (χ4v) is 3.60. The molecular formula is C16H24N2OS. The highest BCUT2D eigenvalue weighted by Crippen LogP contribution is 2.39. The van der Waals surface area contributed by atoms with Gasteiger partial charge >= 0.3 is 0 Å². The van der Waals surface area contributed by atoms with Crippen LogP contribution < -0.4 is 10.6 Å². The molecule has 1 atom stereocenters. The molecule has 20 heavy (non-hydrogen) atoms. The predicted octanol–water partition coefficient (Wildman–Crippen LogP) is 3.28. The van der Waals surface area contributed by atoms with Crippen LogP contribution in [0.15, 0.2) is 30.3 Å². The van der Waals surface area contributed by atoms with Crippen LogP contribution in [-0.2, 0) is 4.79 Å². The molecule has 110 valence electrons. The molecule has 0 bridgehead atoms. The van der Waals surface area contributed by atoms with Crippen LogP contribution in [-0.4, -0.2) is 29.5 Å². The lowest BCUT2D eigenvalue weighted by Gasteiger charge is -2.28. The molecule has 1 saturated carbocycles. The average molecular weight is 292 g/mol. The molecule has 1 aliphatic carbocycles. The van der Waals surface area contributed by atoms with Gasteiger partial charge in [0.2, 0.25) is 5.91 Å². The van der Waals surface area contributed by atoms with Crippen LogP contribution in [0, 0.1) is 0 Å². The van der Waals surface area contributed by atoms with Gasteiger partial charge in [0, 0.05) is 17.0 Å². The molecule has 0 aromatic heterocycles. The Morgan fingerprint density at radius 1 is 1.30 bits per heavy atom. The van der Waals surface area contributed by atoms with Gasteiger partial charge in [-0.2, -0.15) is 11.8 Å². The Kier molecular flexibility index (Phi) is 5.49. The maximum atomic E-state index is 12.1. The van der Waals surface area contributed by atoms with Crippen molar-refractivity contribution in [3.63, 3.8) is 0 Å². The van der Waals surface area contributed by atoms with E-state index in [0.29, 0.717) is 4.75 Å². The summed E-state index contributed by atoms with van der Waals surface area (Å²) in [5.74, 6) is 0.0328. The molecule has 0 spiro atoms. The third-order valence-electron chi connectivity index (χ3n) is 4.11. The Hall–Kier alpha value is -1.00. The standard InChI is InChI=1S/C16H24N2OS/c1-13(15(19)18-14-8-4-3-5-9-14)17-12-16(20-2)10-6-7-11-16/h3-5,8-9,13,17H,6-7,10-12H2,1-2H3,(H,18,19). The Morgan fingerprint density at radius 2 is 1.95 bits per heavy atom. The Bertz CT molecular complexity index is 429. The summed E-state index contributed by atoms with van der Waals surface area (Å²) in [6.45, 7) is 2.85. The summed E-state index contributed by atoms with van der Waals surface area (Å²) >= 11 is 1.94. The van der Waals surface area contributed by atoms with E-state index in [4.69, 9.17) is 0 Å². The van der Waals surface area contributed by atoms with Gasteiger partial charge in [0.25, 0.3) is 0 Å². The molecule has 1 amide bonds. The quantitative estimate of drug-likeness (QED) is 0.845. The number of rotatable bonds is 6. The second-order valence-corrected chi connectivity index (χ2v) is 6.83. The summed E-state index contributed by atoms with van der Waals surface area (Å²) in [6.07, 6.45) is 7.32. The van der Waals surface area contributed by atoms with Crippen LogP contribution in [0.2, 0.25) is 0 Å². The predicted molar refractivity (Wildman–Crippen MR) is 87.3 cm³/mol. The van der Waals surface area contributed by atoms with Crippen molar-refractivity contribution in [1.29, 1.82) is 0 Å². The second kappa shape index (κ2) is 7.14. The number of hydrogen-bond acceptors (Lipinski definition) is 3. The van der Waals surface area contributed by atoms with E-state index in [9.17, 15) is 4.79 Å². The van der Waals surface area contributed by atoms with Gasteiger partial charge in [-0.15, -0.1) is 0 Å². The minimum absolute atomic E-state index is 0.0328. The number of benzene rings is 1. The molecule has 2 rings (SSSR count). The first-order chi connectivity index (χ1) is 9.65. The monoisotopic (exact) mass is 292 g/mol. The molecule has 1 aliphatic rings. The molecule has 1 aromatic carbocycles. The smallest absolute Gasteiger partial charge is 0.241 e. The summed E-state index contributed by atoms with van der Waals surface area (Å²) in [5.41, 5.74) is 0.853. The molecule has 1 unspecified atom stereocenters. The normalized spacial score (nSPS) is 18.7. The van der Waals surface area contributed by atoms with E-state index in [0.717, 1.165) is 12.2 Å². The van der Waals surface area contributed by atoms with Gasteiger partial charge in [-0.05, 0) is 38.2 Å². The number of carbonyl (C=O) groups is 1. The zero-order chi connectivity index (χ0) is 14.4. The third kappa shape index (κ3) is 4.00. The van der Waals surface area contributed by atoms with E-state index < -0.39 is 0 Å². The van der Waals surface area contributed by atoms with Crippen LogP contribution >= 0.6 is 11.8 Å². The van der Waals surface area contributed by atoms with E-state index in [1.165, 1.54) is 25.7 Å². The van der Waals surface area contributed by atoms with Crippen LogP contribution in [0.4, 0.5) is 5.69 Å². The van der Waals surface area contributed by atoms with Crippen molar-refractivity contribution >= 4 is 23.4 Å². The molecule has 0 saturated heterocycles. The van der Waals surface area contributed by atoms with Crippen molar-refractivity contribution < 1.29 is 4.79 Å². The fourth-order valence-electron chi connectivity index (χ4n) is 2.68. The van der Waals surface area contributed by atoms with Crippen molar-refractivity contribution in [2.75, 3.05) is 18.1 Å². The van der Waals surface area contributed by atoms with Gasteiger partial charge in [-0.1, -0.05) is 31.0 Å². The summed E-state index contributed by atoms with van der Waals surface area (Å²) in [4.78, 5) is 12.1. The Labute approximate surface area is 125 Å². The maximum absolute atomic E-state index is 12.1. The fraction of sp³-hybridized carbons (Fsp3) is 0.562. The molecule has 0 aliphatic heterocycles. The number of nitrogens with one attached hydrogen (secondary N) is 2. The van der Waals surface area contributed by atoms with Gasteiger partial charge in [0.1, 0.15) is 0 Å². The Morgan fingerprint density at radius 3 is 2.55 bits per heavy atom. The molecule has 1 aromatic rings. The molecular weight excluding hydrogens is 268 g/mol. The van der Waals surface area contributed by atoms with Gasteiger partial charge < -0.3 is 10.6 Å². The first-order valence-electron chi connectivity index (χ1n) is 7.30. The molecule has 3 nitrogen and oxygen atoms in total. The van der Waals surface area contributed by atoms with Gasteiger partial charge in [0.15, 0.2) is 0 Å². The summed E-state index contributed by atoms with van der Waals surface area (Å²) in [6, 6.07) is 9.44. The van der Waals surface area contributed by atoms with Crippen molar-refractivity contribution in [3.05, 3.63) is 30.3 Å². The summed E-state index contributed by atoms with van der Waals surface area (Å²) in [7, 11) is 0. The number of anilines is 1. The number of thioether (sulfide) groups is 1. The highest BCUT2D eigenvalue weighted by Gasteiger charge is 2.33. The Balaban J connectivity index is 1.82. The minimum atomic E-state index is -0.167. The lowest BCUT2D eigenvalue weighted by molar-refractivity contribution is -0.117. The van der Waals surface area contributed by atoms with E-state index in [1.54, 1.807) is 0 Å². The van der Waals surface area contributed by atoms with Gasteiger partial charge in [0.05, 0.1) is 6.04 Å². The highest BCUT2D eigenvalue weighted by atomic mass is 32.2. The van der Waals surface area contributed by atoms with Crippen LogP contribution in [0.1, 0.15) is 32.6 Å². The lowest BCUT2D eigenvalue weighted by atomic mass is 10.1. The van der Waals surface area contributed by atoms with Crippen LogP contribution in [0.5, 0.6) is 0 Å². The van der Waals surface area contributed by atoms with Crippen molar-refractivity contribution in [2.24, 2.45) is 0 Å². The van der Waals surface area contributed by atoms with Crippen molar-refractivity contribution in [2.45, 2.75) is 43.4 Å². The zero-order valence-corrected chi connectivity index (χ0v) is 13.1. The molecule has 0 radical (unpaired) electrons. The number of amides is 1. The summed E-state index contributed by atoms with van der Waals surface area (Å²) in [5, 5.41) is 6.34. The third-order valence-corrected chi connectivity index (χ3v) is 5.53. The van der Waals surface area contributed by atoms with Gasteiger partial charge in [-0.3, -0.25) is 4.79 Å². The molecule has 4 heteroatoms. The minimum Gasteiger partial charge on any atom is -0.325 e. The lowest BCUT2D eigenvalue weighted by Crippen LogP contribution is -2.44. The molecule has 1 fully saturated rings. The first kappa shape index (κ1) is 15.4. The summed E-state index contributed by atoms with van der Waals surface area (Å²) < 4.78 is 0.335.